The van der Waals surface area contributed by atoms with E-state index >= 15 is 0 Å². The van der Waals surface area contributed by atoms with Gasteiger partial charge in [0.2, 0.25) is 5.43 Å². The van der Waals surface area contributed by atoms with Crippen LogP contribution in [0.1, 0.15) is 0 Å². The molecule has 0 atom stereocenters. The minimum Gasteiger partial charge on any atom is -0.287 e. The van der Waals surface area contributed by atoms with E-state index in [1.807, 2.05) is 6.07 Å². The van der Waals surface area contributed by atoms with Crippen LogP contribution < -0.4 is 5.43 Å². The van der Waals surface area contributed by atoms with Crippen molar-refractivity contribution in [3.8, 4) is 0 Å². The fourth-order valence-corrected chi connectivity index (χ4v) is 1.69. The SMILES string of the molecule is O=c1c2ccncc2ccc2nccnc12. The van der Waals surface area contributed by atoms with Gasteiger partial charge in [0.1, 0.15) is 5.52 Å². The van der Waals surface area contributed by atoms with E-state index in [1.165, 1.54) is 6.20 Å². The van der Waals surface area contributed by atoms with Crippen molar-refractivity contribution >= 4 is 21.8 Å². The zero-order chi connectivity index (χ0) is 11.0. The molecule has 3 aromatic rings. The molecule has 0 aliphatic heterocycles. The Morgan fingerprint density at radius 2 is 1.81 bits per heavy atom. The predicted molar refractivity (Wildman–Crippen MR) is 61.1 cm³/mol. The second-order valence-electron chi connectivity index (χ2n) is 3.42. The Labute approximate surface area is 90.6 Å². The molecule has 76 valence electrons. The molecule has 3 rings (SSSR count). The number of hydrogen-bond donors (Lipinski definition) is 0. The van der Waals surface area contributed by atoms with Gasteiger partial charge in [0.15, 0.2) is 0 Å². The van der Waals surface area contributed by atoms with E-state index in [0.29, 0.717) is 16.4 Å². The molecule has 1 aromatic carbocycles. The molecule has 0 spiro atoms. The molecule has 0 radical (unpaired) electrons. The maximum Gasteiger partial charge on any atom is 0.214 e. The van der Waals surface area contributed by atoms with Gasteiger partial charge in [-0.25, -0.2) is 4.98 Å². The van der Waals surface area contributed by atoms with Gasteiger partial charge in [0.05, 0.1) is 5.52 Å². The molecule has 0 saturated heterocycles. The summed E-state index contributed by atoms with van der Waals surface area (Å²) in [5, 5.41) is 1.41. The highest BCUT2D eigenvalue weighted by Crippen LogP contribution is 2.10. The highest BCUT2D eigenvalue weighted by atomic mass is 16.1. The molecule has 0 amide bonds. The van der Waals surface area contributed by atoms with Crippen LogP contribution in [0.5, 0.6) is 0 Å². The van der Waals surface area contributed by atoms with Gasteiger partial charge in [-0.2, -0.15) is 0 Å². The lowest BCUT2D eigenvalue weighted by Gasteiger charge is -1.88. The summed E-state index contributed by atoms with van der Waals surface area (Å²) in [5.41, 5.74) is 0.887. The first-order valence-corrected chi connectivity index (χ1v) is 4.84. The van der Waals surface area contributed by atoms with Gasteiger partial charge >= 0.3 is 0 Å². The fourth-order valence-electron chi connectivity index (χ4n) is 1.69. The average Bonchev–Trinajstić information content (AvgIpc) is 2.49. The Balaban J connectivity index is 2.69. The van der Waals surface area contributed by atoms with Crippen molar-refractivity contribution in [3.63, 3.8) is 0 Å². The second-order valence-corrected chi connectivity index (χ2v) is 3.42. The molecule has 16 heavy (non-hydrogen) atoms. The second kappa shape index (κ2) is 3.34. The van der Waals surface area contributed by atoms with Crippen LogP contribution in [-0.2, 0) is 0 Å². The van der Waals surface area contributed by atoms with Crippen molar-refractivity contribution in [1.82, 2.24) is 15.0 Å². The van der Waals surface area contributed by atoms with Crippen LogP contribution in [0.15, 0.2) is 47.8 Å². The topological polar surface area (TPSA) is 55.7 Å². The van der Waals surface area contributed by atoms with Crippen molar-refractivity contribution in [2.24, 2.45) is 0 Å². The van der Waals surface area contributed by atoms with Crippen LogP contribution in [0.2, 0.25) is 0 Å². The molecule has 0 aliphatic rings. The lowest BCUT2D eigenvalue weighted by atomic mass is 10.2. The fraction of sp³-hybridized carbons (Fsp3) is 0. The van der Waals surface area contributed by atoms with Crippen LogP contribution in [0.3, 0.4) is 0 Å². The Hall–Kier alpha value is -2.36. The Morgan fingerprint density at radius 1 is 0.938 bits per heavy atom. The third kappa shape index (κ3) is 1.24. The van der Waals surface area contributed by atoms with Crippen LogP contribution in [0, 0.1) is 0 Å². The van der Waals surface area contributed by atoms with E-state index in [1.54, 1.807) is 30.7 Å². The van der Waals surface area contributed by atoms with Crippen molar-refractivity contribution in [1.29, 1.82) is 0 Å². The maximum atomic E-state index is 12.2. The summed E-state index contributed by atoms with van der Waals surface area (Å²) in [6.45, 7) is 0. The molecule has 4 nitrogen and oxygen atoms in total. The highest BCUT2D eigenvalue weighted by molar-refractivity contribution is 5.89. The van der Waals surface area contributed by atoms with Gasteiger partial charge < -0.3 is 0 Å². The van der Waals surface area contributed by atoms with Crippen LogP contribution in [-0.4, -0.2) is 15.0 Å². The van der Waals surface area contributed by atoms with E-state index in [9.17, 15) is 4.79 Å². The highest BCUT2D eigenvalue weighted by Gasteiger charge is 2.02. The quantitative estimate of drug-likeness (QED) is 0.563. The average molecular weight is 209 g/mol. The van der Waals surface area contributed by atoms with Crippen molar-refractivity contribution in [3.05, 3.63) is 53.2 Å². The van der Waals surface area contributed by atoms with Crippen molar-refractivity contribution in [2.75, 3.05) is 0 Å². The molecule has 0 saturated carbocycles. The zero-order valence-corrected chi connectivity index (χ0v) is 8.29. The normalized spacial score (nSPS) is 10.8. The standard InChI is InChI=1S/C12H7N3O/c16-12-9-3-4-13-7-8(9)1-2-10-11(12)15-6-5-14-10/h1-7H. The monoisotopic (exact) mass is 209 g/mol. The summed E-state index contributed by atoms with van der Waals surface area (Å²) in [5.74, 6) is 0. The lowest BCUT2D eigenvalue weighted by molar-refractivity contribution is 1.29. The minimum absolute atomic E-state index is 0.106. The molecule has 0 bridgehead atoms. The van der Waals surface area contributed by atoms with Crippen molar-refractivity contribution in [2.45, 2.75) is 0 Å². The number of hydrogen-bond acceptors (Lipinski definition) is 4. The van der Waals surface area contributed by atoms with E-state index in [-0.39, 0.29) is 5.43 Å². The third-order valence-corrected chi connectivity index (χ3v) is 2.46. The van der Waals surface area contributed by atoms with Crippen LogP contribution >= 0.6 is 0 Å². The maximum absolute atomic E-state index is 12.2. The summed E-state index contributed by atoms with van der Waals surface area (Å²) < 4.78 is 0. The van der Waals surface area contributed by atoms with Gasteiger partial charge in [0, 0.05) is 35.6 Å². The first-order chi connectivity index (χ1) is 7.86. The number of pyridine rings is 1. The zero-order valence-electron chi connectivity index (χ0n) is 8.29. The van der Waals surface area contributed by atoms with E-state index in [2.05, 4.69) is 15.0 Å². The predicted octanol–water partition coefficient (Wildman–Crippen LogP) is 1.54. The van der Waals surface area contributed by atoms with E-state index in [4.69, 9.17) is 0 Å². The van der Waals surface area contributed by atoms with Crippen molar-refractivity contribution < 1.29 is 0 Å². The molecule has 0 fully saturated rings. The first-order valence-electron chi connectivity index (χ1n) is 4.84. The Bertz CT molecular complexity index is 678. The summed E-state index contributed by atoms with van der Waals surface area (Å²) >= 11 is 0. The molecular weight excluding hydrogens is 202 g/mol. The number of aromatic nitrogens is 3. The van der Waals surface area contributed by atoms with Crippen LogP contribution in [0.4, 0.5) is 0 Å². The summed E-state index contributed by atoms with van der Waals surface area (Å²) in [6, 6.07) is 5.32. The molecule has 4 heteroatoms. The van der Waals surface area contributed by atoms with Crippen LogP contribution in [0.25, 0.3) is 21.8 Å². The number of rotatable bonds is 0. The molecule has 0 N–H and O–H groups in total. The van der Waals surface area contributed by atoms with E-state index < -0.39 is 0 Å². The van der Waals surface area contributed by atoms with Gasteiger partial charge in [-0.1, -0.05) is 6.07 Å². The summed E-state index contributed by atoms with van der Waals surface area (Å²) in [4.78, 5) is 24.3. The largest absolute Gasteiger partial charge is 0.287 e. The first kappa shape index (κ1) is 8.91. The van der Waals surface area contributed by atoms with Gasteiger partial charge in [-0.3, -0.25) is 14.8 Å². The number of fused-ring (bicyclic) bond motifs is 2. The Morgan fingerprint density at radius 3 is 2.75 bits per heavy atom. The van der Waals surface area contributed by atoms with Gasteiger partial charge in [0.25, 0.3) is 0 Å². The molecular formula is C12H7N3O. The smallest absolute Gasteiger partial charge is 0.214 e. The lowest BCUT2D eigenvalue weighted by Crippen LogP contribution is -2.00. The molecule has 2 heterocycles. The van der Waals surface area contributed by atoms with Gasteiger partial charge in [-0.15, -0.1) is 0 Å². The summed E-state index contributed by atoms with van der Waals surface area (Å²) in [7, 11) is 0. The Kier molecular flexibility index (Phi) is 1.86. The van der Waals surface area contributed by atoms with E-state index in [0.717, 1.165) is 5.39 Å². The summed E-state index contributed by atoms with van der Waals surface area (Å²) in [6.07, 6.45) is 6.36. The minimum atomic E-state index is -0.106. The number of nitrogens with zero attached hydrogens (tertiary/aromatic N) is 3. The third-order valence-electron chi connectivity index (χ3n) is 2.46. The molecule has 0 aliphatic carbocycles. The molecule has 0 unspecified atom stereocenters. The van der Waals surface area contributed by atoms with Gasteiger partial charge in [-0.05, 0) is 12.1 Å². The molecule has 2 aromatic heterocycles.